The molecule has 0 aliphatic heterocycles. The Hall–Kier alpha value is -4.26. The number of H-pyrrole nitrogens is 1. The van der Waals surface area contributed by atoms with Gasteiger partial charge in [-0.3, -0.25) is 14.9 Å². The number of carbonyl (C=O) groups is 2. The van der Waals surface area contributed by atoms with E-state index in [1.807, 2.05) is 0 Å². The lowest BCUT2D eigenvalue weighted by atomic mass is 10.2. The van der Waals surface area contributed by atoms with E-state index in [0.717, 1.165) is 11.8 Å². The zero-order valence-corrected chi connectivity index (χ0v) is 17.5. The number of nitro benzene ring substituents is 1. The fourth-order valence-electron chi connectivity index (χ4n) is 2.41. The highest BCUT2D eigenvalue weighted by molar-refractivity contribution is 7.99. The van der Waals surface area contributed by atoms with Crippen LogP contribution >= 0.6 is 11.8 Å². The minimum absolute atomic E-state index is 0.00942. The van der Waals surface area contributed by atoms with Crippen LogP contribution < -0.4 is 10.7 Å². The van der Waals surface area contributed by atoms with Crippen molar-refractivity contribution in [3.8, 4) is 0 Å². The van der Waals surface area contributed by atoms with Crippen LogP contribution in [-0.4, -0.2) is 51.1 Å². The predicted octanol–water partition coefficient (Wildman–Crippen LogP) is 2.68. The lowest BCUT2D eigenvalue weighted by molar-refractivity contribution is -0.384. The number of ether oxygens (including phenoxy) is 1. The normalized spacial score (nSPS) is 10.7. The van der Waals surface area contributed by atoms with Gasteiger partial charge in [0.15, 0.2) is 0 Å². The van der Waals surface area contributed by atoms with Gasteiger partial charge in [0, 0.05) is 12.1 Å². The van der Waals surface area contributed by atoms with Crippen LogP contribution in [0.25, 0.3) is 0 Å². The highest BCUT2D eigenvalue weighted by atomic mass is 32.2. The molecule has 3 N–H and O–H groups in total. The van der Waals surface area contributed by atoms with Crippen molar-refractivity contribution in [1.82, 2.24) is 15.2 Å². The minimum atomic E-state index is -0.549. The third-order valence-electron chi connectivity index (χ3n) is 3.89. The van der Waals surface area contributed by atoms with E-state index in [0.29, 0.717) is 16.4 Å². The van der Waals surface area contributed by atoms with Crippen molar-refractivity contribution in [2.45, 2.75) is 5.16 Å². The molecule has 0 saturated carbocycles. The van der Waals surface area contributed by atoms with Gasteiger partial charge in [0.1, 0.15) is 0 Å². The van der Waals surface area contributed by atoms with Gasteiger partial charge in [0.25, 0.3) is 5.69 Å². The van der Waals surface area contributed by atoms with E-state index in [4.69, 9.17) is 4.74 Å². The van der Waals surface area contributed by atoms with Gasteiger partial charge in [0.05, 0.1) is 35.3 Å². The number of para-hydroxylation sites is 1. The van der Waals surface area contributed by atoms with E-state index < -0.39 is 10.9 Å². The number of amides is 1. The molecule has 0 aliphatic carbocycles. The highest BCUT2D eigenvalue weighted by Gasteiger charge is 2.14. The monoisotopic (exact) mass is 455 g/mol. The number of aromatic amines is 1. The summed E-state index contributed by atoms with van der Waals surface area (Å²) in [6.07, 6.45) is 1.46. The number of nitro groups is 1. The molecule has 12 nitrogen and oxygen atoms in total. The van der Waals surface area contributed by atoms with E-state index in [1.165, 1.54) is 25.5 Å². The van der Waals surface area contributed by atoms with Crippen molar-refractivity contribution in [1.29, 1.82) is 0 Å². The van der Waals surface area contributed by atoms with Gasteiger partial charge >= 0.3 is 5.97 Å². The zero-order valence-electron chi connectivity index (χ0n) is 16.6. The lowest BCUT2D eigenvalue weighted by Crippen LogP contribution is -2.17. The molecule has 0 unspecified atom stereocenters. The summed E-state index contributed by atoms with van der Waals surface area (Å²) in [7, 11) is 1.27. The van der Waals surface area contributed by atoms with E-state index in [2.05, 4.69) is 31.0 Å². The quantitative estimate of drug-likeness (QED) is 0.145. The fraction of sp³-hybridized carbons (Fsp3) is 0.105. The molecular weight excluding hydrogens is 438 g/mol. The van der Waals surface area contributed by atoms with Crippen molar-refractivity contribution in [3.63, 3.8) is 0 Å². The smallest absolute Gasteiger partial charge is 0.339 e. The lowest BCUT2D eigenvalue weighted by Gasteiger charge is -2.08. The second kappa shape index (κ2) is 10.7. The number of nitrogens with zero attached hydrogens (tertiary/aromatic N) is 4. The Labute approximate surface area is 185 Å². The number of nitrogens with one attached hydrogen (secondary N) is 3. The maximum Gasteiger partial charge on any atom is 0.339 e. The number of hydrazone groups is 1. The van der Waals surface area contributed by atoms with Crippen LogP contribution in [0.5, 0.6) is 0 Å². The molecule has 13 heteroatoms. The van der Waals surface area contributed by atoms with Crippen LogP contribution in [0.15, 0.2) is 58.8 Å². The first-order valence-electron chi connectivity index (χ1n) is 9.02. The van der Waals surface area contributed by atoms with Crippen LogP contribution in [0, 0.1) is 10.1 Å². The van der Waals surface area contributed by atoms with E-state index in [1.54, 1.807) is 36.4 Å². The minimum Gasteiger partial charge on any atom is -0.465 e. The molecule has 0 spiro atoms. The van der Waals surface area contributed by atoms with Crippen molar-refractivity contribution >= 4 is 47.2 Å². The number of hydrogen-bond acceptors (Lipinski definition) is 10. The molecule has 32 heavy (non-hydrogen) atoms. The third-order valence-corrected chi connectivity index (χ3v) is 4.74. The summed E-state index contributed by atoms with van der Waals surface area (Å²) in [6.45, 7) is 0. The second-order valence-electron chi connectivity index (χ2n) is 6.06. The van der Waals surface area contributed by atoms with Gasteiger partial charge in [0.2, 0.25) is 17.0 Å². The maximum atomic E-state index is 12.2. The largest absolute Gasteiger partial charge is 0.465 e. The molecule has 3 rings (SSSR count). The Bertz CT molecular complexity index is 1150. The Morgan fingerprint density at radius 1 is 1.25 bits per heavy atom. The van der Waals surface area contributed by atoms with Crippen molar-refractivity contribution in [2.24, 2.45) is 5.10 Å². The molecule has 3 aromatic rings. The molecule has 0 fully saturated rings. The fourth-order valence-corrected chi connectivity index (χ4v) is 3.01. The first-order chi connectivity index (χ1) is 15.5. The number of rotatable bonds is 9. The SMILES string of the molecule is COC(=O)c1ccccc1NC(=O)CSc1n[nH]c(N/N=C/c2ccc([N+](=O)[O-])cc2)n1. The number of aromatic nitrogens is 3. The van der Waals surface area contributed by atoms with Crippen molar-refractivity contribution in [2.75, 3.05) is 23.6 Å². The number of benzene rings is 2. The van der Waals surface area contributed by atoms with E-state index in [-0.39, 0.29) is 28.9 Å². The summed E-state index contributed by atoms with van der Waals surface area (Å²) in [4.78, 5) is 38.3. The van der Waals surface area contributed by atoms with Gasteiger partial charge in [-0.25, -0.2) is 15.3 Å². The molecule has 164 valence electrons. The third kappa shape index (κ3) is 6.12. The molecular formula is C19H17N7O5S. The Balaban J connectivity index is 1.49. The summed E-state index contributed by atoms with van der Waals surface area (Å²) in [6, 6.07) is 12.4. The van der Waals surface area contributed by atoms with Gasteiger partial charge < -0.3 is 10.1 Å². The number of methoxy groups -OCH3 is 1. The average Bonchev–Trinajstić information content (AvgIpc) is 3.25. The molecule has 1 aromatic heterocycles. The Morgan fingerprint density at radius 3 is 2.72 bits per heavy atom. The number of hydrogen-bond donors (Lipinski definition) is 3. The standard InChI is InChI=1S/C19H17N7O5S/c1-31-17(28)14-4-2-3-5-15(14)21-16(27)11-32-19-22-18(24-25-19)23-20-10-12-6-8-13(9-7-12)26(29)30/h2-10H,11H2,1H3,(H,21,27)(H2,22,23,24,25)/b20-10+. The van der Waals surface area contributed by atoms with E-state index >= 15 is 0 Å². The molecule has 1 amide bonds. The Morgan fingerprint density at radius 2 is 2.00 bits per heavy atom. The summed E-state index contributed by atoms with van der Waals surface area (Å²) in [5.74, 6) is -0.629. The number of carbonyl (C=O) groups excluding carboxylic acids is 2. The van der Waals surface area contributed by atoms with Crippen LogP contribution in [0.4, 0.5) is 17.3 Å². The van der Waals surface area contributed by atoms with Crippen LogP contribution in [0.1, 0.15) is 15.9 Å². The molecule has 1 heterocycles. The predicted molar refractivity (Wildman–Crippen MR) is 118 cm³/mol. The number of thioether (sulfide) groups is 1. The van der Waals surface area contributed by atoms with Gasteiger partial charge in [-0.05, 0) is 29.8 Å². The number of esters is 1. The summed E-state index contributed by atoms with van der Waals surface area (Å²) >= 11 is 1.09. The topological polar surface area (TPSA) is 164 Å². The average molecular weight is 455 g/mol. The first kappa shape index (κ1) is 22.4. The van der Waals surface area contributed by atoms with Gasteiger partial charge in [-0.1, -0.05) is 23.9 Å². The Kier molecular flexibility index (Phi) is 7.48. The number of anilines is 2. The second-order valence-corrected chi connectivity index (χ2v) is 7.00. The van der Waals surface area contributed by atoms with Crippen molar-refractivity contribution < 1.29 is 19.2 Å². The highest BCUT2D eigenvalue weighted by Crippen LogP contribution is 2.18. The zero-order chi connectivity index (χ0) is 22.9. The molecule has 0 saturated heterocycles. The summed E-state index contributed by atoms with van der Waals surface area (Å²) in [5, 5.41) is 24.2. The first-order valence-corrected chi connectivity index (χ1v) is 10.0. The van der Waals surface area contributed by atoms with Crippen LogP contribution in [0.3, 0.4) is 0 Å². The number of non-ortho nitro benzene ring substituents is 1. The van der Waals surface area contributed by atoms with E-state index in [9.17, 15) is 19.7 Å². The summed E-state index contributed by atoms with van der Waals surface area (Å²) in [5.41, 5.74) is 3.89. The van der Waals surface area contributed by atoms with Crippen LogP contribution in [-0.2, 0) is 9.53 Å². The summed E-state index contributed by atoms with van der Waals surface area (Å²) < 4.78 is 4.70. The molecule has 0 atom stereocenters. The molecule has 0 aliphatic rings. The van der Waals surface area contributed by atoms with Crippen molar-refractivity contribution in [3.05, 3.63) is 69.8 Å². The van der Waals surface area contributed by atoms with Crippen LogP contribution in [0.2, 0.25) is 0 Å². The van der Waals surface area contributed by atoms with Gasteiger partial charge in [-0.15, -0.1) is 5.10 Å². The molecule has 0 bridgehead atoms. The maximum absolute atomic E-state index is 12.2. The van der Waals surface area contributed by atoms with Gasteiger partial charge in [-0.2, -0.15) is 10.1 Å². The molecule has 0 radical (unpaired) electrons. The molecule has 2 aromatic carbocycles.